The molecule has 3 aliphatic rings. The Bertz CT molecular complexity index is 502. The second-order valence-corrected chi connectivity index (χ2v) is 9.45. The van der Waals surface area contributed by atoms with Crippen molar-refractivity contribution in [2.24, 2.45) is 17.8 Å². The molecule has 1 amide bonds. The Morgan fingerprint density at radius 2 is 2.00 bits per heavy atom. The molecule has 1 aliphatic heterocycles. The van der Waals surface area contributed by atoms with Crippen LogP contribution in [0.15, 0.2) is 0 Å². The van der Waals surface area contributed by atoms with E-state index in [2.05, 4.69) is 6.92 Å². The fourth-order valence-electron chi connectivity index (χ4n) is 4.58. The van der Waals surface area contributed by atoms with E-state index < -0.39 is 9.84 Å². The highest BCUT2D eigenvalue weighted by Gasteiger charge is 2.46. The first kappa shape index (κ1) is 15.3. The van der Waals surface area contributed by atoms with Gasteiger partial charge in [-0.2, -0.15) is 0 Å². The van der Waals surface area contributed by atoms with Crippen molar-refractivity contribution in [3.05, 3.63) is 0 Å². The minimum Gasteiger partial charge on any atom is -0.338 e. The van der Waals surface area contributed by atoms with E-state index in [4.69, 9.17) is 0 Å². The second-order valence-electron chi connectivity index (χ2n) is 7.22. The van der Waals surface area contributed by atoms with Gasteiger partial charge in [-0.05, 0) is 43.9 Å². The Hall–Kier alpha value is -0.580. The van der Waals surface area contributed by atoms with E-state index in [1.165, 1.54) is 19.3 Å². The summed E-state index contributed by atoms with van der Waals surface area (Å²) in [7, 11) is -2.93. The lowest BCUT2D eigenvalue weighted by molar-refractivity contribution is -0.139. The highest BCUT2D eigenvalue weighted by Crippen LogP contribution is 2.49. The number of unbranched alkanes of at least 4 members (excludes halogenated alkanes) is 1. The average Bonchev–Trinajstić information content (AvgIpc) is 3.14. The van der Waals surface area contributed by atoms with Crippen LogP contribution in [0, 0.1) is 17.8 Å². The topological polar surface area (TPSA) is 54.5 Å². The first-order valence-electron chi connectivity index (χ1n) is 8.51. The summed E-state index contributed by atoms with van der Waals surface area (Å²) in [6.07, 6.45) is 7.42. The van der Waals surface area contributed by atoms with Crippen molar-refractivity contribution in [3.63, 3.8) is 0 Å². The molecule has 4 unspecified atom stereocenters. The number of amides is 1. The molecule has 120 valence electrons. The predicted octanol–water partition coefficient (Wildman–Crippen LogP) is 2.24. The standard InChI is InChI=1S/C16H27NO3S/c1-2-3-7-17(14-6-8-21(19,20)11-14)16(18)15-10-12-4-5-13(15)9-12/h12-15H,2-11H2,1H3. The number of hydrogen-bond donors (Lipinski definition) is 0. The molecule has 5 heteroatoms. The molecule has 0 N–H and O–H groups in total. The molecule has 0 radical (unpaired) electrons. The van der Waals surface area contributed by atoms with Crippen LogP contribution in [0.5, 0.6) is 0 Å². The zero-order chi connectivity index (χ0) is 15.0. The quantitative estimate of drug-likeness (QED) is 0.782. The van der Waals surface area contributed by atoms with Crippen molar-refractivity contribution in [2.75, 3.05) is 18.1 Å². The third-order valence-corrected chi connectivity index (χ3v) is 7.49. The Labute approximate surface area is 128 Å². The van der Waals surface area contributed by atoms with Gasteiger partial charge >= 0.3 is 0 Å². The first-order valence-corrected chi connectivity index (χ1v) is 10.3. The van der Waals surface area contributed by atoms with Crippen molar-refractivity contribution in [3.8, 4) is 0 Å². The van der Waals surface area contributed by atoms with Gasteiger partial charge in [0.25, 0.3) is 0 Å². The fourth-order valence-corrected chi connectivity index (χ4v) is 6.31. The number of rotatable bonds is 5. The summed E-state index contributed by atoms with van der Waals surface area (Å²) in [6, 6.07) is -0.0619. The van der Waals surface area contributed by atoms with Gasteiger partial charge in [-0.1, -0.05) is 19.8 Å². The van der Waals surface area contributed by atoms with Crippen LogP contribution in [0.1, 0.15) is 51.9 Å². The summed E-state index contributed by atoms with van der Waals surface area (Å²) in [5, 5.41) is 0. The minimum absolute atomic E-state index is 0.0619. The lowest BCUT2D eigenvalue weighted by Gasteiger charge is -2.33. The number of fused-ring (bicyclic) bond motifs is 2. The maximum Gasteiger partial charge on any atom is 0.226 e. The number of carbonyl (C=O) groups is 1. The highest BCUT2D eigenvalue weighted by molar-refractivity contribution is 7.91. The van der Waals surface area contributed by atoms with E-state index in [0.29, 0.717) is 12.3 Å². The lowest BCUT2D eigenvalue weighted by atomic mass is 9.87. The molecule has 1 heterocycles. The van der Waals surface area contributed by atoms with Gasteiger partial charge in [-0.25, -0.2) is 8.42 Å². The van der Waals surface area contributed by atoms with Crippen LogP contribution in [0.2, 0.25) is 0 Å². The van der Waals surface area contributed by atoms with Gasteiger partial charge in [-0.3, -0.25) is 4.79 Å². The fraction of sp³-hybridized carbons (Fsp3) is 0.938. The molecule has 2 bridgehead atoms. The van der Waals surface area contributed by atoms with E-state index in [1.54, 1.807) is 0 Å². The van der Waals surface area contributed by atoms with E-state index in [0.717, 1.165) is 31.7 Å². The van der Waals surface area contributed by atoms with Crippen LogP contribution >= 0.6 is 0 Å². The molecule has 0 aromatic heterocycles. The Morgan fingerprint density at radius 1 is 1.19 bits per heavy atom. The van der Waals surface area contributed by atoms with Crippen molar-refractivity contribution in [1.82, 2.24) is 4.90 Å². The number of nitrogens with zero attached hydrogens (tertiary/aromatic N) is 1. The van der Waals surface area contributed by atoms with E-state index in [9.17, 15) is 13.2 Å². The maximum atomic E-state index is 13.0. The largest absolute Gasteiger partial charge is 0.338 e. The molecule has 0 aromatic rings. The van der Waals surface area contributed by atoms with Gasteiger partial charge in [0.05, 0.1) is 11.5 Å². The van der Waals surface area contributed by atoms with Crippen molar-refractivity contribution in [2.45, 2.75) is 57.9 Å². The smallest absolute Gasteiger partial charge is 0.226 e. The van der Waals surface area contributed by atoms with Crippen molar-refractivity contribution in [1.29, 1.82) is 0 Å². The predicted molar refractivity (Wildman–Crippen MR) is 82.6 cm³/mol. The number of carbonyl (C=O) groups excluding carboxylic acids is 1. The molecule has 0 aromatic carbocycles. The summed E-state index contributed by atoms with van der Waals surface area (Å²) < 4.78 is 23.5. The molecule has 2 saturated carbocycles. The maximum absolute atomic E-state index is 13.0. The molecule has 4 nitrogen and oxygen atoms in total. The summed E-state index contributed by atoms with van der Waals surface area (Å²) in [4.78, 5) is 14.9. The van der Waals surface area contributed by atoms with Crippen LogP contribution < -0.4 is 0 Å². The van der Waals surface area contributed by atoms with Crippen LogP contribution in [0.3, 0.4) is 0 Å². The molecular weight excluding hydrogens is 286 g/mol. The molecule has 21 heavy (non-hydrogen) atoms. The monoisotopic (exact) mass is 313 g/mol. The van der Waals surface area contributed by atoms with Gasteiger partial charge in [0, 0.05) is 18.5 Å². The first-order chi connectivity index (χ1) is 10.00. The van der Waals surface area contributed by atoms with Crippen molar-refractivity contribution >= 4 is 15.7 Å². The second kappa shape index (κ2) is 5.90. The molecule has 2 aliphatic carbocycles. The van der Waals surface area contributed by atoms with Crippen molar-refractivity contribution < 1.29 is 13.2 Å². The molecule has 3 rings (SSSR count). The average molecular weight is 313 g/mol. The van der Waals surface area contributed by atoms with E-state index in [-0.39, 0.29) is 29.4 Å². The van der Waals surface area contributed by atoms with Crippen LogP contribution in [0.4, 0.5) is 0 Å². The number of sulfone groups is 1. The third-order valence-electron chi connectivity index (χ3n) is 5.74. The Morgan fingerprint density at radius 3 is 2.52 bits per heavy atom. The van der Waals surface area contributed by atoms with E-state index in [1.807, 2.05) is 4.90 Å². The minimum atomic E-state index is -2.93. The molecular formula is C16H27NO3S. The molecule has 0 spiro atoms. The summed E-state index contributed by atoms with van der Waals surface area (Å²) in [5.41, 5.74) is 0. The molecule has 3 fully saturated rings. The lowest BCUT2D eigenvalue weighted by Crippen LogP contribution is -2.46. The Kier molecular flexibility index (Phi) is 4.30. The zero-order valence-corrected chi connectivity index (χ0v) is 13.8. The summed E-state index contributed by atoms with van der Waals surface area (Å²) in [5.74, 6) is 2.21. The SMILES string of the molecule is CCCCN(C(=O)C1CC2CCC1C2)C1CCS(=O)(=O)C1. The van der Waals surface area contributed by atoms with Gasteiger partial charge in [-0.15, -0.1) is 0 Å². The normalized spacial score (nSPS) is 37.0. The highest BCUT2D eigenvalue weighted by atomic mass is 32.2. The van der Waals surface area contributed by atoms with Gasteiger partial charge < -0.3 is 4.90 Å². The van der Waals surface area contributed by atoms with Crippen LogP contribution in [-0.2, 0) is 14.6 Å². The Balaban J connectivity index is 1.71. The molecule has 1 saturated heterocycles. The zero-order valence-electron chi connectivity index (χ0n) is 13.0. The number of hydrogen-bond acceptors (Lipinski definition) is 3. The summed E-state index contributed by atoms with van der Waals surface area (Å²) >= 11 is 0. The van der Waals surface area contributed by atoms with Gasteiger partial charge in [0.1, 0.15) is 0 Å². The van der Waals surface area contributed by atoms with Crippen LogP contribution in [-0.4, -0.2) is 43.3 Å². The van der Waals surface area contributed by atoms with Gasteiger partial charge in [0.2, 0.25) is 5.91 Å². The third kappa shape index (κ3) is 3.13. The van der Waals surface area contributed by atoms with Gasteiger partial charge in [0.15, 0.2) is 9.84 Å². The van der Waals surface area contributed by atoms with Crippen LogP contribution in [0.25, 0.3) is 0 Å². The molecule has 4 atom stereocenters. The summed E-state index contributed by atoms with van der Waals surface area (Å²) in [6.45, 7) is 2.86. The van der Waals surface area contributed by atoms with E-state index >= 15 is 0 Å².